The molecule has 2 N–H and O–H groups in total. The molecule has 2 aromatic carbocycles. The highest BCUT2D eigenvalue weighted by molar-refractivity contribution is 5.78. The molecule has 4 rings (SSSR count). The lowest BCUT2D eigenvalue weighted by molar-refractivity contribution is -0.919. The second-order valence-corrected chi connectivity index (χ2v) is 7.48. The minimum atomic E-state index is 0.0580. The highest BCUT2D eigenvalue weighted by Crippen LogP contribution is 2.19. The number of carbonyl (C=O) groups excluding carboxylic acids is 1. The van der Waals surface area contributed by atoms with E-state index < -0.39 is 0 Å². The summed E-state index contributed by atoms with van der Waals surface area (Å²) in [7, 11) is 0. The molecule has 1 atom stereocenters. The van der Waals surface area contributed by atoms with E-state index in [0.29, 0.717) is 13.0 Å². The molecule has 0 radical (unpaired) electrons. The Labute approximate surface area is 166 Å². The Morgan fingerprint density at radius 3 is 2.32 bits per heavy atom. The van der Waals surface area contributed by atoms with Crippen molar-refractivity contribution in [3.8, 4) is 11.1 Å². The van der Waals surface area contributed by atoms with Gasteiger partial charge in [-0.25, -0.2) is 0 Å². The number of nitrogens with one attached hydrogen (secondary N) is 2. The maximum atomic E-state index is 12.5. The summed E-state index contributed by atoms with van der Waals surface area (Å²) < 4.78 is 5.64. The maximum absolute atomic E-state index is 12.5. The standard InChI is InChI=1S/C24H26N2O2/c27-24(17-19-10-12-21(13-11-19)20-7-2-1-3-8-20)25-18-22(23-9-6-16-28-23)26-14-4-5-15-26/h1-3,6-13,16,22H,4-5,14-15,17-18H2,(H,25,27)/p+1/t22-/m1/s1. The van der Waals surface area contributed by atoms with Crippen LogP contribution >= 0.6 is 0 Å². The van der Waals surface area contributed by atoms with Gasteiger partial charge in [0.2, 0.25) is 5.91 Å². The van der Waals surface area contributed by atoms with E-state index in [1.54, 1.807) is 6.26 Å². The number of carbonyl (C=O) groups is 1. The zero-order chi connectivity index (χ0) is 19.2. The molecule has 1 aromatic heterocycles. The Morgan fingerprint density at radius 2 is 1.64 bits per heavy atom. The van der Waals surface area contributed by atoms with Gasteiger partial charge in [0.25, 0.3) is 0 Å². The van der Waals surface area contributed by atoms with E-state index in [4.69, 9.17) is 4.42 Å². The quantitative estimate of drug-likeness (QED) is 0.667. The molecular weight excluding hydrogens is 348 g/mol. The predicted molar refractivity (Wildman–Crippen MR) is 110 cm³/mol. The van der Waals surface area contributed by atoms with Crippen LogP contribution in [0.4, 0.5) is 0 Å². The highest BCUT2D eigenvalue weighted by atomic mass is 16.3. The van der Waals surface area contributed by atoms with Crippen LogP contribution in [0.25, 0.3) is 11.1 Å². The molecule has 0 unspecified atom stereocenters. The zero-order valence-electron chi connectivity index (χ0n) is 16.1. The fourth-order valence-electron chi connectivity index (χ4n) is 4.02. The topological polar surface area (TPSA) is 46.7 Å². The third-order valence-electron chi connectivity index (χ3n) is 5.55. The smallest absolute Gasteiger partial charge is 0.224 e. The van der Waals surface area contributed by atoms with Crippen molar-refractivity contribution in [2.45, 2.75) is 25.3 Å². The maximum Gasteiger partial charge on any atom is 0.224 e. The van der Waals surface area contributed by atoms with Gasteiger partial charge in [-0.05, 0) is 28.8 Å². The first-order valence-corrected chi connectivity index (χ1v) is 10.1. The Hall–Kier alpha value is -2.85. The molecule has 1 aliphatic rings. The van der Waals surface area contributed by atoms with Crippen LogP contribution in [0.2, 0.25) is 0 Å². The second kappa shape index (κ2) is 8.89. The van der Waals surface area contributed by atoms with Crippen LogP contribution in [0.1, 0.15) is 30.2 Å². The Kier molecular flexibility index (Phi) is 5.88. The molecule has 2 heterocycles. The summed E-state index contributed by atoms with van der Waals surface area (Å²) >= 11 is 0. The van der Waals surface area contributed by atoms with Crippen LogP contribution in [-0.4, -0.2) is 25.5 Å². The molecule has 4 heteroatoms. The fraction of sp³-hybridized carbons (Fsp3) is 0.292. The summed E-state index contributed by atoms with van der Waals surface area (Å²) in [6.07, 6.45) is 4.60. The number of quaternary nitrogens is 1. The lowest BCUT2D eigenvalue weighted by Gasteiger charge is -2.23. The minimum Gasteiger partial charge on any atom is -0.463 e. The Balaban J connectivity index is 1.34. The van der Waals surface area contributed by atoms with Crippen molar-refractivity contribution in [1.82, 2.24) is 5.32 Å². The molecule has 0 spiro atoms. The van der Waals surface area contributed by atoms with Crippen molar-refractivity contribution in [3.05, 3.63) is 84.3 Å². The minimum absolute atomic E-state index is 0.0580. The fourth-order valence-corrected chi connectivity index (χ4v) is 4.02. The van der Waals surface area contributed by atoms with E-state index in [9.17, 15) is 4.79 Å². The van der Waals surface area contributed by atoms with Crippen molar-refractivity contribution in [2.24, 2.45) is 0 Å². The van der Waals surface area contributed by atoms with Gasteiger partial charge >= 0.3 is 0 Å². The van der Waals surface area contributed by atoms with E-state index in [2.05, 4.69) is 29.6 Å². The van der Waals surface area contributed by atoms with E-state index in [1.165, 1.54) is 28.9 Å². The Morgan fingerprint density at radius 1 is 0.929 bits per heavy atom. The molecule has 1 fully saturated rings. The van der Waals surface area contributed by atoms with Crippen LogP contribution in [0, 0.1) is 0 Å². The molecular formula is C24H27N2O2+. The van der Waals surface area contributed by atoms with Crippen molar-refractivity contribution in [3.63, 3.8) is 0 Å². The number of hydrogen-bond donors (Lipinski definition) is 2. The third kappa shape index (κ3) is 4.52. The van der Waals surface area contributed by atoms with Gasteiger partial charge in [-0.3, -0.25) is 4.79 Å². The van der Waals surface area contributed by atoms with Gasteiger partial charge in [-0.15, -0.1) is 0 Å². The SMILES string of the molecule is O=C(Cc1ccc(-c2ccccc2)cc1)NC[C@H](c1ccco1)[NH+]1CCCC1. The largest absolute Gasteiger partial charge is 0.463 e. The van der Waals surface area contributed by atoms with E-state index in [1.807, 2.05) is 42.5 Å². The molecule has 1 aliphatic heterocycles. The predicted octanol–water partition coefficient (Wildman–Crippen LogP) is 3.03. The number of likely N-dealkylation sites (tertiary alicyclic amines) is 1. The van der Waals surface area contributed by atoms with Crippen LogP contribution < -0.4 is 10.2 Å². The second-order valence-electron chi connectivity index (χ2n) is 7.48. The molecule has 28 heavy (non-hydrogen) atoms. The third-order valence-corrected chi connectivity index (χ3v) is 5.55. The van der Waals surface area contributed by atoms with Crippen LogP contribution in [-0.2, 0) is 11.2 Å². The van der Waals surface area contributed by atoms with Gasteiger partial charge in [0.1, 0.15) is 0 Å². The van der Waals surface area contributed by atoms with E-state index >= 15 is 0 Å². The van der Waals surface area contributed by atoms with Crippen molar-refractivity contribution in [2.75, 3.05) is 19.6 Å². The van der Waals surface area contributed by atoms with Gasteiger partial charge in [0, 0.05) is 12.8 Å². The number of amides is 1. The van der Waals surface area contributed by atoms with Crippen LogP contribution in [0.3, 0.4) is 0 Å². The van der Waals surface area contributed by atoms with Gasteiger partial charge in [0.05, 0.1) is 32.3 Å². The summed E-state index contributed by atoms with van der Waals surface area (Å²) in [6, 6.07) is 22.7. The molecule has 0 bridgehead atoms. The van der Waals surface area contributed by atoms with Crippen LogP contribution in [0.5, 0.6) is 0 Å². The van der Waals surface area contributed by atoms with Crippen molar-refractivity contribution in [1.29, 1.82) is 0 Å². The van der Waals surface area contributed by atoms with Crippen molar-refractivity contribution >= 4 is 5.91 Å². The average Bonchev–Trinajstić information content (AvgIpc) is 3.44. The monoisotopic (exact) mass is 375 g/mol. The molecule has 4 nitrogen and oxygen atoms in total. The van der Waals surface area contributed by atoms with Gasteiger partial charge < -0.3 is 14.6 Å². The van der Waals surface area contributed by atoms with Gasteiger partial charge in [-0.2, -0.15) is 0 Å². The summed E-state index contributed by atoms with van der Waals surface area (Å²) in [5, 5.41) is 3.12. The lowest BCUT2D eigenvalue weighted by atomic mass is 10.0. The Bertz CT molecular complexity index is 867. The number of hydrogen-bond acceptors (Lipinski definition) is 2. The van der Waals surface area contributed by atoms with Gasteiger partial charge in [0.15, 0.2) is 11.8 Å². The molecule has 1 amide bonds. The van der Waals surface area contributed by atoms with Crippen molar-refractivity contribution < 1.29 is 14.1 Å². The summed E-state index contributed by atoms with van der Waals surface area (Å²) in [6.45, 7) is 2.90. The molecule has 3 aromatic rings. The van der Waals surface area contributed by atoms with Gasteiger partial charge in [-0.1, -0.05) is 54.6 Å². The normalized spacial score (nSPS) is 15.4. The summed E-state index contributed by atoms with van der Waals surface area (Å²) in [5.74, 6) is 1.02. The molecule has 144 valence electrons. The van der Waals surface area contributed by atoms with E-state index in [0.717, 1.165) is 24.4 Å². The summed E-state index contributed by atoms with van der Waals surface area (Å²) in [4.78, 5) is 14.0. The first-order valence-electron chi connectivity index (χ1n) is 10.1. The lowest BCUT2D eigenvalue weighted by Crippen LogP contribution is -3.11. The van der Waals surface area contributed by atoms with Crippen LogP contribution in [0.15, 0.2) is 77.4 Å². The van der Waals surface area contributed by atoms with E-state index in [-0.39, 0.29) is 11.9 Å². The summed E-state index contributed by atoms with van der Waals surface area (Å²) in [5.41, 5.74) is 3.38. The number of benzene rings is 2. The first-order chi connectivity index (χ1) is 13.8. The first kappa shape index (κ1) is 18.5. The molecule has 0 saturated carbocycles. The average molecular weight is 375 g/mol. The number of furan rings is 1. The highest BCUT2D eigenvalue weighted by Gasteiger charge is 2.29. The molecule has 1 saturated heterocycles. The zero-order valence-corrected chi connectivity index (χ0v) is 16.1. The number of rotatable bonds is 7. The molecule has 0 aliphatic carbocycles.